The molecule has 1 saturated heterocycles. The van der Waals surface area contributed by atoms with E-state index >= 15 is 0 Å². The monoisotopic (exact) mass is 246 g/mol. The van der Waals surface area contributed by atoms with Crippen molar-refractivity contribution in [1.29, 1.82) is 0 Å². The Morgan fingerprint density at radius 1 is 1.33 bits per heavy atom. The number of rotatable bonds is 4. The lowest BCUT2D eigenvalue weighted by atomic mass is 9.96. The summed E-state index contributed by atoms with van der Waals surface area (Å²) in [4.78, 5) is 2.57. The predicted molar refractivity (Wildman–Crippen MR) is 77.5 cm³/mol. The normalized spacial score (nSPS) is 24.1. The van der Waals surface area contributed by atoms with Crippen molar-refractivity contribution in [3.8, 4) is 0 Å². The molecular formula is C16H26N2. The molecule has 2 heteroatoms. The molecule has 0 radical (unpaired) electrons. The van der Waals surface area contributed by atoms with Crippen LogP contribution in [-0.4, -0.2) is 24.0 Å². The minimum Gasteiger partial charge on any atom is -0.326 e. The summed E-state index contributed by atoms with van der Waals surface area (Å²) in [5, 5.41) is 0. The third-order valence-electron chi connectivity index (χ3n) is 4.14. The number of hydrogen-bond acceptors (Lipinski definition) is 2. The van der Waals surface area contributed by atoms with Gasteiger partial charge in [-0.25, -0.2) is 0 Å². The molecule has 18 heavy (non-hydrogen) atoms. The van der Waals surface area contributed by atoms with E-state index in [1.165, 1.54) is 30.6 Å². The maximum Gasteiger partial charge on any atom is 0.0499 e. The van der Waals surface area contributed by atoms with Gasteiger partial charge in [-0.2, -0.15) is 0 Å². The highest BCUT2D eigenvalue weighted by Gasteiger charge is 2.30. The van der Waals surface area contributed by atoms with Crippen LogP contribution in [-0.2, 0) is 0 Å². The maximum atomic E-state index is 6.37. The van der Waals surface area contributed by atoms with Gasteiger partial charge in [-0.15, -0.1) is 0 Å². The molecule has 1 aliphatic heterocycles. The topological polar surface area (TPSA) is 29.3 Å². The first-order valence-corrected chi connectivity index (χ1v) is 7.18. The SMILES string of the molecule is CCC(N)C(c1ccc(C)cc1)N1CCC(C)C1. The lowest BCUT2D eigenvalue weighted by Gasteiger charge is -2.32. The lowest BCUT2D eigenvalue weighted by Crippen LogP contribution is -2.39. The van der Waals surface area contributed by atoms with Crippen LogP contribution >= 0.6 is 0 Å². The van der Waals surface area contributed by atoms with Crippen molar-refractivity contribution < 1.29 is 0 Å². The lowest BCUT2D eigenvalue weighted by molar-refractivity contribution is 0.203. The van der Waals surface area contributed by atoms with Gasteiger partial charge in [-0.3, -0.25) is 4.90 Å². The van der Waals surface area contributed by atoms with Gasteiger partial charge in [0.15, 0.2) is 0 Å². The predicted octanol–water partition coefficient (Wildman–Crippen LogP) is 3.12. The van der Waals surface area contributed by atoms with E-state index in [0.717, 1.165) is 12.3 Å². The molecule has 0 amide bonds. The van der Waals surface area contributed by atoms with Gasteiger partial charge in [0.25, 0.3) is 0 Å². The smallest absolute Gasteiger partial charge is 0.0499 e. The van der Waals surface area contributed by atoms with Crippen molar-refractivity contribution in [1.82, 2.24) is 4.90 Å². The van der Waals surface area contributed by atoms with Crippen molar-refractivity contribution in [2.24, 2.45) is 11.7 Å². The summed E-state index contributed by atoms with van der Waals surface area (Å²) in [6, 6.07) is 9.52. The van der Waals surface area contributed by atoms with E-state index in [9.17, 15) is 0 Å². The van der Waals surface area contributed by atoms with Gasteiger partial charge >= 0.3 is 0 Å². The Kier molecular flexibility index (Phi) is 4.41. The molecule has 3 unspecified atom stereocenters. The molecule has 1 fully saturated rings. The minimum absolute atomic E-state index is 0.234. The van der Waals surface area contributed by atoms with Gasteiger partial charge in [-0.05, 0) is 37.8 Å². The highest BCUT2D eigenvalue weighted by Crippen LogP contribution is 2.30. The van der Waals surface area contributed by atoms with Gasteiger partial charge in [0.05, 0.1) is 0 Å². The van der Waals surface area contributed by atoms with Crippen molar-refractivity contribution in [2.45, 2.75) is 45.7 Å². The van der Waals surface area contributed by atoms with E-state index < -0.39 is 0 Å². The summed E-state index contributed by atoms with van der Waals surface area (Å²) in [7, 11) is 0. The third kappa shape index (κ3) is 2.93. The number of nitrogens with zero attached hydrogens (tertiary/aromatic N) is 1. The van der Waals surface area contributed by atoms with E-state index in [0.29, 0.717) is 6.04 Å². The van der Waals surface area contributed by atoms with E-state index in [-0.39, 0.29) is 6.04 Å². The number of aryl methyl sites for hydroxylation is 1. The van der Waals surface area contributed by atoms with Gasteiger partial charge in [0.2, 0.25) is 0 Å². The van der Waals surface area contributed by atoms with E-state index in [2.05, 4.69) is 49.9 Å². The fourth-order valence-corrected chi connectivity index (χ4v) is 2.94. The molecule has 1 aromatic rings. The summed E-state index contributed by atoms with van der Waals surface area (Å²) in [6.07, 6.45) is 2.34. The Balaban J connectivity index is 2.22. The third-order valence-corrected chi connectivity index (χ3v) is 4.14. The quantitative estimate of drug-likeness (QED) is 0.884. The zero-order chi connectivity index (χ0) is 13.1. The summed E-state index contributed by atoms with van der Waals surface area (Å²) in [6.45, 7) is 9.03. The van der Waals surface area contributed by atoms with Gasteiger partial charge in [0, 0.05) is 18.6 Å². The highest BCUT2D eigenvalue weighted by molar-refractivity contribution is 5.25. The first-order chi connectivity index (χ1) is 8.61. The van der Waals surface area contributed by atoms with Crippen LogP contribution < -0.4 is 5.73 Å². The first-order valence-electron chi connectivity index (χ1n) is 7.18. The van der Waals surface area contributed by atoms with Crippen LogP contribution in [0.2, 0.25) is 0 Å². The molecular weight excluding hydrogens is 220 g/mol. The molecule has 0 aliphatic carbocycles. The minimum atomic E-state index is 0.234. The fourth-order valence-electron chi connectivity index (χ4n) is 2.94. The van der Waals surface area contributed by atoms with Crippen LogP contribution in [0.1, 0.15) is 43.9 Å². The molecule has 0 aromatic heterocycles. The van der Waals surface area contributed by atoms with Crippen LogP contribution in [0.4, 0.5) is 0 Å². The summed E-state index contributed by atoms with van der Waals surface area (Å²) < 4.78 is 0. The second-order valence-electron chi connectivity index (χ2n) is 5.82. The van der Waals surface area contributed by atoms with E-state index in [1.54, 1.807) is 0 Å². The largest absolute Gasteiger partial charge is 0.326 e. The average molecular weight is 246 g/mol. The summed E-state index contributed by atoms with van der Waals surface area (Å²) in [5.74, 6) is 0.807. The van der Waals surface area contributed by atoms with Crippen molar-refractivity contribution in [2.75, 3.05) is 13.1 Å². The van der Waals surface area contributed by atoms with Gasteiger partial charge in [0.1, 0.15) is 0 Å². The zero-order valence-electron chi connectivity index (χ0n) is 11.9. The van der Waals surface area contributed by atoms with Crippen LogP contribution in [0.5, 0.6) is 0 Å². The van der Waals surface area contributed by atoms with Crippen molar-refractivity contribution >= 4 is 0 Å². The molecule has 3 atom stereocenters. The van der Waals surface area contributed by atoms with Gasteiger partial charge in [-0.1, -0.05) is 43.7 Å². The Morgan fingerprint density at radius 2 is 2.00 bits per heavy atom. The second-order valence-corrected chi connectivity index (χ2v) is 5.82. The number of benzene rings is 1. The Bertz CT molecular complexity index is 371. The maximum absolute atomic E-state index is 6.37. The molecule has 0 saturated carbocycles. The number of nitrogens with two attached hydrogens (primary N) is 1. The van der Waals surface area contributed by atoms with Crippen LogP contribution in [0.3, 0.4) is 0 Å². The summed E-state index contributed by atoms with van der Waals surface area (Å²) >= 11 is 0. The molecule has 0 bridgehead atoms. The van der Waals surface area contributed by atoms with Crippen LogP contribution in [0.25, 0.3) is 0 Å². The van der Waals surface area contributed by atoms with E-state index in [1.807, 2.05) is 0 Å². The zero-order valence-corrected chi connectivity index (χ0v) is 11.9. The van der Waals surface area contributed by atoms with Crippen LogP contribution in [0, 0.1) is 12.8 Å². The van der Waals surface area contributed by atoms with Crippen molar-refractivity contribution in [3.05, 3.63) is 35.4 Å². The molecule has 2 N–H and O–H groups in total. The Morgan fingerprint density at radius 3 is 2.50 bits per heavy atom. The van der Waals surface area contributed by atoms with E-state index in [4.69, 9.17) is 5.73 Å². The molecule has 1 aromatic carbocycles. The Hall–Kier alpha value is -0.860. The first kappa shape index (κ1) is 13.6. The van der Waals surface area contributed by atoms with Crippen LogP contribution in [0.15, 0.2) is 24.3 Å². The van der Waals surface area contributed by atoms with Gasteiger partial charge < -0.3 is 5.73 Å². The highest BCUT2D eigenvalue weighted by atomic mass is 15.2. The average Bonchev–Trinajstić information content (AvgIpc) is 2.78. The second kappa shape index (κ2) is 5.85. The van der Waals surface area contributed by atoms with Crippen molar-refractivity contribution in [3.63, 3.8) is 0 Å². The molecule has 1 heterocycles. The number of likely N-dealkylation sites (tertiary alicyclic amines) is 1. The molecule has 2 rings (SSSR count). The molecule has 0 spiro atoms. The Labute approximate surface area is 111 Å². The number of hydrogen-bond donors (Lipinski definition) is 1. The standard InChI is InChI=1S/C16H26N2/c1-4-15(17)16(18-10-9-13(3)11-18)14-7-5-12(2)6-8-14/h5-8,13,15-16H,4,9-11,17H2,1-3H3. The molecule has 100 valence electrons. The molecule has 1 aliphatic rings. The fraction of sp³-hybridized carbons (Fsp3) is 0.625. The molecule has 2 nitrogen and oxygen atoms in total. The summed E-state index contributed by atoms with van der Waals surface area (Å²) in [5.41, 5.74) is 9.07.